The van der Waals surface area contributed by atoms with Crippen molar-refractivity contribution in [2.45, 2.75) is 69.9 Å². The lowest BCUT2D eigenvalue weighted by atomic mass is 9.60. The maximum absolute atomic E-state index is 15.1. The molecule has 3 amide bonds. The number of halogens is 1. The fraction of sp³-hybridized carbons (Fsp3) is 0.545. The largest absolute Gasteiger partial charge is 0.445 e. The molecule has 2 aromatic rings. The number of rotatable bonds is 7. The number of alkyl carbamates (subject to hydrolysis) is 1. The van der Waals surface area contributed by atoms with Crippen LogP contribution in [0.5, 0.6) is 0 Å². The zero-order chi connectivity index (χ0) is 29.1. The highest BCUT2D eigenvalue weighted by molar-refractivity contribution is 6.00. The first-order chi connectivity index (χ1) is 20.4. The summed E-state index contributed by atoms with van der Waals surface area (Å²) in [5.41, 5.74) is 2.58. The van der Waals surface area contributed by atoms with Gasteiger partial charge in [-0.15, -0.1) is 0 Å². The van der Waals surface area contributed by atoms with Crippen LogP contribution in [0.3, 0.4) is 0 Å². The van der Waals surface area contributed by atoms with Gasteiger partial charge in [-0.05, 0) is 92.6 Å². The quantitative estimate of drug-likeness (QED) is 0.463. The highest BCUT2D eigenvalue weighted by atomic mass is 19.1. The van der Waals surface area contributed by atoms with Crippen LogP contribution in [0.1, 0.15) is 68.4 Å². The van der Waals surface area contributed by atoms with Crippen molar-refractivity contribution < 1.29 is 23.5 Å². The Bertz CT molecular complexity index is 1280. The lowest BCUT2D eigenvalue weighted by molar-refractivity contribution is -0.134. The molecule has 4 fully saturated rings. The van der Waals surface area contributed by atoms with Gasteiger partial charge in [0.1, 0.15) is 12.4 Å². The Labute approximate surface area is 247 Å². The van der Waals surface area contributed by atoms with Crippen LogP contribution in [0.4, 0.5) is 14.9 Å². The van der Waals surface area contributed by atoms with Crippen molar-refractivity contribution in [1.29, 1.82) is 0 Å². The molecule has 0 bridgehead atoms. The molecule has 3 saturated heterocycles. The average molecular weight is 577 g/mol. The molecule has 1 atom stereocenters. The highest BCUT2D eigenvalue weighted by Crippen LogP contribution is 2.49. The number of anilines is 1. The van der Waals surface area contributed by atoms with Crippen LogP contribution in [0.2, 0.25) is 0 Å². The Balaban J connectivity index is 0.896. The summed E-state index contributed by atoms with van der Waals surface area (Å²) >= 11 is 0. The third kappa shape index (κ3) is 6.61. The summed E-state index contributed by atoms with van der Waals surface area (Å²) in [6.45, 7) is 5.23. The van der Waals surface area contributed by atoms with E-state index in [2.05, 4.69) is 20.4 Å². The minimum atomic E-state index is -0.468. The predicted octanol–water partition coefficient (Wildman–Crippen LogP) is 4.73. The summed E-state index contributed by atoms with van der Waals surface area (Å²) in [5.74, 6) is -0.755. The second-order valence-electron chi connectivity index (χ2n) is 12.8. The molecular weight excluding hydrogens is 535 g/mol. The number of nitrogens with zero attached hydrogens (tertiary/aromatic N) is 2. The molecule has 6 rings (SSSR count). The maximum Gasteiger partial charge on any atom is 0.407 e. The smallest absolute Gasteiger partial charge is 0.407 e. The summed E-state index contributed by atoms with van der Waals surface area (Å²) in [6.07, 6.45) is 6.87. The molecule has 0 aromatic heterocycles. The monoisotopic (exact) mass is 576 g/mol. The van der Waals surface area contributed by atoms with Crippen LogP contribution in [-0.2, 0) is 20.9 Å². The number of ether oxygens (including phenoxy) is 1. The molecule has 1 saturated carbocycles. The van der Waals surface area contributed by atoms with Crippen LogP contribution < -0.4 is 15.5 Å². The van der Waals surface area contributed by atoms with E-state index in [4.69, 9.17) is 4.74 Å². The molecule has 42 heavy (non-hydrogen) atoms. The molecular formula is C33H41FN4O4. The lowest BCUT2D eigenvalue weighted by Crippen LogP contribution is -2.55. The van der Waals surface area contributed by atoms with Crippen LogP contribution in [0.25, 0.3) is 0 Å². The van der Waals surface area contributed by atoms with Gasteiger partial charge in [0.05, 0.1) is 11.6 Å². The normalized spacial score (nSPS) is 23.4. The van der Waals surface area contributed by atoms with E-state index in [-0.39, 0.29) is 36.2 Å². The van der Waals surface area contributed by atoms with Crippen molar-refractivity contribution in [3.63, 3.8) is 0 Å². The van der Waals surface area contributed by atoms with Crippen molar-refractivity contribution >= 4 is 23.6 Å². The molecule has 1 spiro atoms. The number of piperidine rings is 3. The second kappa shape index (κ2) is 12.4. The van der Waals surface area contributed by atoms with Crippen LogP contribution in [-0.4, -0.2) is 61.6 Å². The van der Waals surface area contributed by atoms with Gasteiger partial charge in [-0.2, -0.15) is 0 Å². The fourth-order valence-electron chi connectivity index (χ4n) is 7.37. The SMILES string of the molecule is O=C1CCC(c2ccc(N3CCC(CN4CCC5(CC4)CC(NC(=O)OCc4ccccc4)C5)CC3)c(F)c2)C(=O)N1. The first-order valence-electron chi connectivity index (χ1n) is 15.4. The Hall–Kier alpha value is -3.46. The lowest BCUT2D eigenvalue weighted by Gasteiger charge is -2.52. The van der Waals surface area contributed by atoms with Crippen molar-refractivity contribution in [1.82, 2.24) is 15.5 Å². The van der Waals surface area contributed by atoms with Gasteiger partial charge < -0.3 is 19.9 Å². The first-order valence-corrected chi connectivity index (χ1v) is 15.4. The first kappa shape index (κ1) is 28.6. The summed E-state index contributed by atoms with van der Waals surface area (Å²) in [6, 6.07) is 15.0. The number of carbonyl (C=O) groups is 3. The Morgan fingerprint density at radius 2 is 1.74 bits per heavy atom. The van der Waals surface area contributed by atoms with E-state index in [9.17, 15) is 14.4 Å². The van der Waals surface area contributed by atoms with E-state index in [1.807, 2.05) is 36.4 Å². The number of imide groups is 1. The van der Waals surface area contributed by atoms with E-state index < -0.39 is 5.92 Å². The number of nitrogens with one attached hydrogen (secondary N) is 2. The van der Waals surface area contributed by atoms with E-state index in [0.717, 1.165) is 64.0 Å². The van der Waals surface area contributed by atoms with Crippen molar-refractivity contribution in [2.75, 3.05) is 37.6 Å². The zero-order valence-electron chi connectivity index (χ0n) is 24.2. The van der Waals surface area contributed by atoms with Gasteiger partial charge in [0, 0.05) is 32.1 Å². The van der Waals surface area contributed by atoms with Crippen LogP contribution >= 0.6 is 0 Å². The van der Waals surface area contributed by atoms with Crippen LogP contribution in [0, 0.1) is 17.2 Å². The van der Waals surface area contributed by atoms with E-state index in [1.54, 1.807) is 6.07 Å². The fourth-order valence-corrected chi connectivity index (χ4v) is 7.37. The van der Waals surface area contributed by atoms with E-state index in [0.29, 0.717) is 35.6 Å². The van der Waals surface area contributed by atoms with Gasteiger partial charge in [0.2, 0.25) is 11.8 Å². The second-order valence-corrected chi connectivity index (χ2v) is 12.8. The summed E-state index contributed by atoms with van der Waals surface area (Å²) < 4.78 is 20.5. The van der Waals surface area contributed by atoms with Crippen molar-refractivity contribution in [2.24, 2.45) is 11.3 Å². The molecule has 9 heteroatoms. The molecule has 3 aliphatic heterocycles. The zero-order valence-corrected chi connectivity index (χ0v) is 24.2. The molecule has 1 unspecified atom stereocenters. The molecule has 8 nitrogen and oxygen atoms in total. The molecule has 2 aromatic carbocycles. The van der Waals surface area contributed by atoms with E-state index >= 15 is 4.39 Å². The molecule has 1 aliphatic carbocycles. The Morgan fingerprint density at radius 3 is 2.43 bits per heavy atom. The Kier molecular flexibility index (Phi) is 8.47. The predicted molar refractivity (Wildman–Crippen MR) is 157 cm³/mol. The third-order valence-electron chi connectivity index (χ3n) is 9.90. The van der Waals surface area contributed by atoms with Gasteiger partial charge >= 0.3 is 6.09 Å². The molecule has 0 radical (unpaired) electrons. The molecule has 3 heterocycles. The van der Waals surface area contributed by atoms with Crippen LogP contribution in [0.15, 0.2) is 48.5 Å². The topological polar surface area (TPSA) is 91.0 Å². The average Bonchev–Trinajstić information content (AvgIpc) is 2.97. The van der Waals surface area contributed by atoms with Gasteiger partial charge in [0.25, 0.3) is 0 Å². The molecule has 224 valence electrons. The minimum Gasteiger partial charge on any atom is -0.445 e. The number of benzene rings is 2. The number of likely N-dealkylation sites (tertiary alicyclic amines) is 1. The molecule has 2 N–H and O–H groups in total. The van der Waals surface area contributed by atoms with Crippen molar-refractivity contribution in [3.8, 4) is 0 Å². The number of hydrogen-bond acceptors (Lipinski definition) is 6. The van der Waals surface area contributed by atoms with Crippen molar-refractivity contribution in [3.05, 3.63) is 65.5 Å². The van der Waals surface area contributed by atoms with E-state index in [1.165, 1.54) is 18.9 Å². The number of hydrogen-bond donors (Lipinski definition) is 2. The molecule has 4 aliphatic rings. The third-order valence-corrected chi connectivity index (χ3v) is 9.90. The van der Waals surface area contributed by atoms with Gasteiger partial charge in [-0.3, -0.25) is 14.9 Å². The van der Waals surface area contributed by atoms with Gasteiger partial charge in [0.15, 0.2) is 0 Å². The summed E-state index contributed by atoms with van der Waals surface area (Å²) in [5, 5.41) is 5.40. The number of amides is 3. The maximum atomic E-state index is 15.1. The highest BCUT2D eigenvalue weighted by Gasteiger charge is 2.46. The standard InChI is InChI=1S/C33H41FN4O4/c34-28-18-25(27-7-9-30(39)36-31(27)40)6-8-29(28)38-14-10-23(11-15-38)21-37-16-12-33(13-17-37)19-26(20-33)35-32(41)42-22-24-4-2-1-3-5-24/h1-6,8,18,23,26-27H,7,9-17,19-22H2,(H,35,41)(H,36,39,40). The summed E-state index contributed by atoms with van der Waals surface area (Å²) in [4.78, 5) is 40.6. The Morgan fingerprint density at radius 1 is 1.00 bits per heavy atom. The minimum absolute atomic E-state index is 0.211. The van der Waals surface area contributed by atoms with Gasteiger partial charge in [-0.1, -0.05) is 36.4 Å². The summed E-state index contributed by atoms with van der Waals surface area (Å²) in [7, 11) is 0. The number of carbonyl (C=O) groups excluding carboxylic acids is 3. The van der Waals surface area contributed by atoms with Gasteiger partial charge in [-0.25, -0.2) is 9.18 Å².